The molecule has 1 aliphatic rings. The predicted octanol–water partition coefficient (Wildman–Crippen LogP) is 2.94. The minimum absolute atomic E-state index is 0.0658. The zero-order valence-electron chi connectivity index (χ0n) is 13.0. The van der Waals surface area contributed by atoms with Crippen molar-refractivity contribution in [2.45, 2.75) is 26.8 Å². The van der Waals surface area contributed by atoms with Crippen LogP contribution >= 0.6 is 11.6 Å². The average molecular weight is 310 g/mol. The summed E-state index contributed by atoms with van der Waals surface area (Å²) < 4.78 is 0. The monoisotopic (exact) mass is 309 g/mol. The van der Waals surface area contributed by atoms with Crippen molar-refractivity contribution in [1.29, 1.82) is 0 Å². The third-order valence-corrected chi connectivity index (χ3v) is 4.27. The molecule has 0 radical (unpaired) electrons. The van der Waals surface area contributed by atoms with E-state index in [1.54, 1.807) is 6.07 Å². The Hall–Kier alpha value is -1.26. The van der Waals surface area contributed by atoms with Gasteiger partial charge in [0.15, 0.2) is 0 Å². The molecule has 2 rings (SSSR count). The molecule has 0 aromatic heterocycles. The molecule has 1 atom stereocenters. The van der Waals surface area contributed by atoms with E-state index in [0.29, 0.717) is 16.6 Å². The molecule has 5 heteroatoms. The summed E-state index contributed by atoms with van der Waals surface area (Å²) in [5, 5.41) is 3.84. The van der Waals surface area contributed by atoms with Crippen molar-refractivity contribution < 1.29 is 4.79 Å². The highest BCUT2D eigenvalue weighted by atomic mass is 35.5. The van der Waals surface area contributed by atoms with Crippen LogP contribution in [0, 0.1) is 0 Å². The minimum atomic E-state index is 0.0658. The van der Waals surface area contributed by atoms with Crippen molar-refractivity contribution in [3.63, 3.8) is 0 Å². The molecule has 116 valence electrons. The molecule has 1 saturated heterocycles. The smallest absolute Gasteiger partial charge is 0.256 e. The Balaban J connectivity index is 2.18. The number of hydrogen-bond donors (Lipinski definition) is 1. The molecule has 0 spiro atoms. The van der Waals surface area contributed by atoms with Crippen LogP contribution in [-0.2, 0) is 0 Å². The highest BCUT2D eigenvalue weighted by Crippen LogP contribution is 2.23. The van der Waals surface area contributed by atoms with E-state index in [0.717, 1.165) is 38.4 Å². The van der Waals surface area contributed by atoms with E-state index in [1.165, 1.54) is 0 Å². The van der Waals surface area contributed by atoms with Crippen molar-refractivity contribution in [1.82, 2.24) is 9.80 Å². The molecule has 1 aromatic rings. The van der Waals surface area contributed by atoms with Crippen LogP contribution < -0.4 is 5.32 Å². The van der Waals surface area contributed by atoms with Crippen LogP contribution in [0.5, 0.6) is 0 Å². The Kier molecular flexibility index (Phi) is 5.48. The molecule has 1 heterocycles. The van der Waals surface area contributed by atoms with Crippen LogP contribution in [0.3, 0.4) is 0 Å². The summed E-state index contributed by atoms with van der Waals surface area (Å²) in [6.07, 6.45) is 0. The molecule has 1 fully saturated rings. The Bertz CT molecular complexity index is 506. The van der Waals surface area contributed by atoms with Gasteiger partial charge in [-0.15, -0.1) is 0 Å². The number of carbonyl (C=O) groups is 1. The fraction of sp³-hybridized carbons (Fsp3) is 0.562. The van der Waals surface area contributed by atoms with Gasteiger partial charge in [0.25, 0.3) is 5.91 Å². The van der Waals surface area contributed by atoms with Crippen LogP contribution in [0.4, 0.5) is 5.69 Å². The van der Waals surface area contributed by atoms with Crippen LogP contribution in [0.25, 0.3) is 0 Å². The van der Waals surface area contributed by atoms with Crippen LogP contribution in [0.2, 0.25) is 5.02 Å². The molecule has 4 nitrogen and oxygen atoms in total. The first-order valence-corrected chi connectivity index (χ1v) is 8.01. The summed E-state index contributed by atoms with van der Waals surface area (Å²) in [4.78, 5) is 17.1. The zero-order chi connectivity index (χ0) is 15.4. The molecular formula is C16H24ClN3O. The van der Waals surface area contributed by atoms with Gasteiger partial charge in [0.1, 0.15) is 0 Å². The summed E-state index contributed by atoms with van der Waals surface area (Å²) in [6.45, 7) is 10.6. The normalized spacial score (nSPS) is 19.6. The number of benzene rings is 1. The Morgan fingerprint density at radius 2 is 2.14 bits per heavy atom. The van der Waals surface area contributed by atoms with Crippen LogP contribution in [0.15, 0.2) is 18.2 Å². The van der Waals surface area contributed by atoms with E-state index < -0.39 is 0 Å². The molecule has 21 heavy (non-hydrogen) atoms. The number of halogens is 1. The quantitative estimate of drug-likeness (QED) is 0.929. The van der Waals surface area contributed by atoms with Gasteiger partial charge in [0, 0.05) is 42.9 Å². The third-order valence-electron chi connectivity index (χ3n) is 4.04. The predicted molar refractivity (Wildman–Crippen MR) is 88.2 cm³/mol. The molecule has 1 aliphatic heterocycles. The maximum Gasteiger partial charge on any atom is 0.256 e. The van der Waals surface area contributed by atoms with E-state index in [9.17, 15) is 4.79 Å². The number of hydrogen-bond acceptors (Lipinski definition) is 3. The maximum absolute atomic E-state index is 12.8. The summed E-state index contributed by atoms with van der Waals surface area (Å²) >= 11 is 6.07. The lowest BCUT2D eigenvalue weighted by atomic mass is 10.1. The molecule has 0 bridgehead atoms. The number of rotatable bonds is 4. The van der Waals surface area contributed by atoms with Gasteiger partial charge in [-0.2, -0.15) is 0 Å². The van der Waals surface area contributed by atoms with Crippen molar-refractivity contribution in [2.24, 2.45) is 0 Å². The molecule has 1 unspecified atom stereocenters. The van der Waals surface area contributed by atoms with Gasteiger partial charge in [-0.05, 0) is 38.6 Å². The lowest BCUT2D eigenvalue weighted by Gasteiger charge is -2.39. The second kappa shape index (κ2) is 7.14. The summed E-state index contributed by atoms with van der Waals surface area (Å²) in [6, 6.07) is 5.85. The van der Waals surface area contributed by atoms with Gasteiger partial charge >= 0.3 is 0 Å². The number of likely N-dealkylation sites (N-methyl/N-ethyl adjacent to an activating group) is 1. The van der Waals surface area contributed by atoms with Gasteiger partial charge in [0.05, 0.1) is 5.56 Å². The first kappa shape index (κ1) is 16.1. The molecule has 0 aliphatic carbocycles. The molecule has 1 amide bonds. The summed E-state index contributed by atoms with van der Waals surface area (Å²) in [5.74, 6) is 0.0658. The van der Waals surface area contributed by atoms with E-state index in [2.05, 4.69) is 24.1 Å². The van der Waals surface area contributed by atoms with Crippen molar-refractivity contribution >= 4 is 23.2 Å². The van der Waals surface area contributed by atoms with E-state index >= 15 is 0 Å². The van der Waals surface area contributed by atoms with Gasteiger partial charge in [-0.25, -0.2) is 0 Å². The Labute approximate surface area is 132 Å². The van der Waals surface area contributed by atoms with Crippen molar-refractivity contribution in [2.75, 3.05) is 38.0 Å². The fourth-order valence-electron chi connectivity index (χ4n) is 2.86. The molecule has 1 N–H and O–H groups in total. The highest BCUT2D eigenvalue weighted by molar-refractivity contribution is 6.31. The Morgan fingerprint density at radius 1 is 1.38 bits per heavy atom. The SMILES string of the molecule is CCNc1ccc(Cl)cc1C(=O)N1CCN(CC)C(C)C1. The Morgan fingerprint density at radius 3 is 2.76 bits per heavy atom. The van der Waals surface area contributed by atoms with E-state index in [4.69, 9.17) is 11.6 Å². The number of amides is 1. The van der Waals surface area contributed by atoms with Crippen molar-refractivity contribution in [3.05, 3.63) is 28.8 Å². The molecule has 0 saturated carbocycles. The minimum Gasteiger partial charge on any atom is -0.385 e. The number of nitrogens with zero attached hydrogens (tertiary/aromatic N) is 2. The molecule has 1 aromatic carbocycles. The number of anilines is 1. The number of nitrogens with one attached hydrogen (secondary N) is 1. The lowest BCUT2D eigenvalue weighted by Crippen LogP contribution is -2.53. The third kappa shape index (κ3) is 3.69. The topological polar surface area (TPSA) is 35.6 Å². The van der Waals surface area contributed by atoms with E-state index in [1.807, 2.05) is 24.0 Å². The zero-order valence-corrected chi connectivity index (χ0v) is 13.8. The maximum atomic E-state index is 12.8. The molecular weight excluding hydrogens is 286 g/mol. The highest BCUT2D eigenvalue weighted by Gasteiger charge is 2.27. The van der Waals surface area contributed by atoms with Crippen molar-refractivity contribution in [3.8, 4) is 0 Å². The number of piperazine rings is 1. The van der Waals surface area contributed by atoms with Crippen LogP contribution in [-0.4, -0.2) is 54.5 Å². The second-order valence-electron chi connectivity index (χ2n) is 5.45. The second-order valence-corrected chi connectivity index (χ2v) is 5.89. The van der Waals surface area contributed by atoms with Crippen LogP contribution in [0.1, 0.15) is 31.1 Å². The standard InChI is InChI=1S/C16H24ClN3O/c1-4-18-15-7-6-13(17)10-14(15)16(21)20-9-8-19(5-2)12(3)11-20/h6-7,10,12,18H,4-5,8-9,11H2,1-3H3. The average Bonchev–Trinajstić information content (AvgIpc) is 2.48. The summed E-state index contributed by atoms with van der Waals surface area (Å²) in [7, 11) is 0. The van der Waals surface area contributed by atoms with Gasteiger partial charge in [-0.1, -0.05) is 18.5 Å². The van der Waals surface area contributed by atoms with Gasteiger partial charge in [-0.3, -0.25) is 9.69 Å². The first-order chi connectivity index (χ1) is 10.1. The first-order valence-electron chi connectivity index (χ1n) is 7.63. The van der Waals surface area contributed by atoms with E-state index in [-0.39, 0.29) is 5.91 Å². The fourth-order valence-corrected chi connectivity index (χ4v) is 3.03. The lowest BCUT2D eigenvalue weighted by molar-refractivity contribution is 0.0529. The summed E-state index contributed by atoms with van der Waals surface area (Å²) in [5.41, 5.74) is 1.53. The largest absolute Gasteiger partial charge is 0.385 e. The van der Waals surface area contributed by atoms with Gasteiger partial charge < -0.3 is 10.2 Å². The van der Waals surface area contributed by atoms with Gasteiger partial charge in [0.2, 0.25) is 0 Å². The number of carbonyl (C=O) groups excluding carboxylic acids is 1.